The number of nitrogens with one attached hydrogen (secondary N) is 1. The van der Waals surface area contributed by atoms with Crippen molar-refractivity contribution in [3.05, 3.63) is 94.5 Å². The van der Waals surface area contributed by atoms with Crippen LogP contribution in [-0.2, 0) is 11.2 Å². The van der Waals surface area contributed by atoms with Gasteiger partial charge < -0.3 is 5.32 Å². The monoisotopic (exact) mass is 420 g/mol. The van der Waals surface area contributed by atoms with Gasteiger partial charge in [0, 0.05) is 27.8 Å². The van der Waals surface area contributed by atoms with Gasteiger partial charge in [-0.15, -0.1) is 0 Å². The van der Waals surface area contributed by atoms with Gasteiger partial charge in [-0.05, 0) is 48.0 Å². The zero-order valence-corrected chi connectivity index (χ0v) is 16.0. The Morgan fingerprint density at radius 2 is 1.56 bits per heavy atom. The summed E-state index contributed by atoms with van der Waals surface area (Å²) in [4.78, 5) is 27.8. The van der Waals surface area contributed by atoms with E-state index in [1.54, 1.807) is 17.0 Å². The second-order valence-electron chi connectivity index (χ2n) is 6.39. The van der Waals surface area contributed by atoms with E-state index in [0.717, 1.165) is 15.7 Å². The van der Waals surface area contributed by atoms with Crippen LogP contribution in [0, 0.1) is 0 Å². The maximum Gasteiger partial charge on any atom is 0.259 e. The normalized spacial score (nSPS) is 15.3. The molecule has 27 heavy (non-hydrogen) atoms. The predicted octanol–water partition coefficient (Wildman–Crippen LogP) is 4.66. The molecular formula is C22H17BrN2O2. The number of para-hydroxylation sites is 1. The maximum atomic E-state index is 13.2. The van der Waals surface area contributed by atoms with E-state index in [1.165, 1.54) is 0 Å². The molecule has 0 fully saturated rings. The third kappa shape index (κ3) is 3.51. The van der Waals surface area contributed by atoms with Crippen LogP contribution in [0.15, 0.2) is 83.3 Å². The molecule has 1 aliphatic heterocycles. The lowest BCUT2D eigenvalue weighted by Crippen LogP contribution is -2.45. The van der Waals surface area contributed by atoms with E-state index in [4.69, 9.17) is 0 Å². The summed E-state index contributed by atoms with van der Waals surface area (Å²) in [6, 6.07) is 23.5. The van der Waals surface area contributed by atoms with Crippen molar-refractivity contribution in [2.45, 2.75) is 12.5 Å². The third-order valence-electron chi connectivity index (χ3n) is 4.63. The number of hydrogen-bond donors (Lipinski definition) is 1. The van der Waals surface area contributed by atoms with Crippen LogP contribution < -0.4 is 10.2 Å². The first-order chi connectivity index (χ1) is 13.1. The molecule has 0 aliphatic carbocycles. The van der Waals surface area contributed by atoms with E-state index in [0.29, 0.717) is 17.7 Å². The lowest BCUT2D eigenvalue weighted by molar-refractivity contribution is -0.117. The number of anilines is 2. The van der Waals surface area contributed by atoms with Gasteiger partial charge >= 0.3 is 0 Å². The smallest absolute Gasteiger partial charge is 0.259 e. The number of nitrogens with zero attached hydrogens (tertiary/aromatic N) is 1. The summed E-state index contributed by atoms with van der Waals surface area (Å²) in [7, 11) is 0. The molecule has 1 aliphatic rings. The van der Waals surface area contributed by atoms with Gasteiger partial charge in [-0.1, -0.05) is 52.3 Å². The average molecular weight is 421 g/mol. The van der Waals surface area contributed by atoms with Crippen LogP contribution in [0.3, 0.4) is 0 Å². The van der Waals surface area contributed by atoms with Gasteiger partial charge in [-0.3, -0.25) is 14.5 Å². The Morgan fingerprint density at radius 3 is 2.30 bits per heavy atom. The molecule has 4 nitrogen and oxygen atoms in total. The zero-order chi connectivity index (χ0) is 18.8. The molecular weight excluding hydrogens is 404 g/mol. The summed E-state index contributed by atoms with van der Waals surface area (Å²) in [5, 5.41) is 2.93. The fourth-order valence-electron chi connectivity index (χ4n) is 3.33. The lowest BCUT2D eigenvalue weighted by Gasteiger charge is -2.25. The third-order valence-corrected chi connectivity index (χ3v) is 5.16. The molecule has 1 N–H and O–H groups in total. The SMILES string of the molecule is O=C(Nc1ccc(Br)cc1)[C@H]1Cc2ccccc2N1C(=O)c1ccccc1. The molecule has 0 aromatic heterocycles. The first kappa shape index (κ1) is 17.5. The van der Waals surface area contributed by atoms with Crippen LogP contribution in [0.5, 0.6) is 0 Å². The molecule has 0 unspecified atom stereocenters. The van der Waals surface area contributed by atoms with E-state index in [9.17, 15) is 9.59 Å². The summed E-state index contributed by atoms with van der Waals surface area (Å²) in [6.07, 6.45) is 0.497. The molecule has 3 aromatic carbocycles. The number of benzene rings is 3. The topological polar surface area (TPSA) is 49.4 Å². The summed E-state index contributed by atoms with van der Waals surface area (Å²) >= 11 is 3.39. The van der Waals surface area contributed by atoms with Crippen LogP contribution in [0.4, 0.5) is 11.4 Å². The Balaban J connectivity index is 1.65. The molecule has 1 atom stereocenters. The quantitative estimate of drug-likeness (QED) is 0.669. The van der Waals surface area contributed by atoms with Gasteiger partial charge in [0.25, 0.3) is 5.91 Å². The molecule has 3 aromatic rings. The van der Waals surface area contributed by atoms with E-state index in [2.05, 4.69) is 21.2 Å². The predicted molar refractivity (Wildman–Crippen MR) is 110 cm³/mol. The van der Waals surface area contributed by atoms with Gasteiger partial charge in [0.05, 0.1) is 0 Å². The van der Waals surface area contributed by atoms with Crippen molar-refractivity contribution in [2.24, 2.45) is 0 Å². The number of rotatable bonds is 3. The summed E-state index contributed by atoms with van der Waals surface area (Å²) in [5.74, 6) is -0.366. The Bertz CT molecular complexity index is 987. The zero-order valence-electron chi connectivity index (χ0n) is 14.4. The molecule has 0 saturated heterocycles. The molecule has 4 rings (SSSR count). The van der Waals surface area contributed by atoms with Crippen LogP contribution in [0.25, 0.3) is 0 Å². The number of carbonyl (C=O) groups is 2. The fraction of sp³-hybridized carbons (Fsp3) is 0.0909. The molecule has 0 radical (unpaired) electrons. The van der Waals surface area contributed by atoms with E-state index >= 15 is 0 Å². The minimum absolute atomic E-state index is 0.170. The van der Waals surface area contributed by atoms with Gasteiger partial charge in [0.2, 0.25) is 5.91 Å². The lowest BCUT2D eigenvalue weighted by atomic mass is 10.1. The van der Waals surface area contributed by atoms with Crippen molar-refractivity contribution in [1.29, 1.82) is 0 Å². The largest absolute Gasteiger partial charge is 0.324 e. The summed E-state index contributed by atoms with van der Waals surface area (Å²) in [6.45, 7) is 0. The highest BCUT2D eigenvalue weighted by atomic mass is 79.9. The number of hydrogen-bond acceptors (Lipinski definition) is 2. The molecule has 0 spiro atoms. The Morgan fingerprint density at radius 1 is 0.889 bits per heavy atom. The Kier molecular flexibility index (Phi) is 4.77. The van der Waals surface area contributed by atoms with Gasteiger partial charge in [0.15, 0.2) is 0 Å². The summed E-state index contributed by atoms with van der Waals surface area (Å²) < 4.78 is 0.939. The highest BCUT2D eigenvalue weighted by Gasteiger charge is 2.38. The van der Waals surface area contributed by atoms with Crippen LogP contribution in [-0.4, -0.2) is 17.9 Å². The van der Waals surface area contributed by atoms with Crippen molar-refractivity contribution < 1.29 is 9.59 Å². The first-order valence-corrected chi connectivity index (χ1v) is 9.46. The van der Waals surface area contributed by atoms with E-state index in [-0.39, 0.29) is 11.8 Å². The van der Waals surface area contributed by atoms with Gasteiger partial charge in [0.1, 0.15) is 6.04 Å². The molecule has 2 amide bonds. The van der Waals surface area contributed by atoms with Crippen molar-refractivity contribution in [2.75, 3.05) is 10.2 Å². The second-order valence-corrected chi connectivity index (χ2v) is 7.30. The van der Waals surface area contributed by atoms with Crippen LogP contribution >= 0.6 is 15.9 Å². The second kappa shape index (κ2) is 7.37. The van der Waals surface area contributed by atoms with Gasteiger partial charge in [-0.2, -0.15) is 0 Å². The average Bonchev–Trinajstić information content (AvgIpc) is 3.09. The van der Waals surface area contributed by atoms with Crippen molar-refractivity contribution in [3.8, 4) is 0 Å². The van der Waals surface area contributed by atoms with Crippen molar-refractivity contribution >= 4 is 39.1 Å². The highest BCUT2D eigenvalue weighted by Crippen LogP contribution is 2.34. The minimum Gasteiger partial charge on any atom is -0.324 e. The molecule has 134 valence electrons. The number of fused-ring (bicyclic) bond motifs is 1. The Labute approximate surface area is 165 Å². The van der Waals surface area contributed by atoms with Crippen LogP contribution in [0.1, 0.15) is 15.9 Å². The molecule has 0 bridgehead atoms. The van der Waals surface area contributed by atoms with Gasteiger partial charge in [-0.25, -0.2) is 0 Å². The van der Waals surface area contributed by atoms with Crippen molar-refractivity contribution in [3.63, 3.8) is 0 Å². The molecule has 5 heteroatoms. The fourth-order valence-corrected chi connectivity index (χ4v) is 3.59. The Hall–Kier alpha value is -2.92. The molecule has 1 heterocycles. The highest BCUT2D eigenvalue weighted by molar-refractivity contribution is 9.10. The summed E-state index contributed by atoms with van der Waals surface area (Å²) in [5.41, 5.74) is 3.06. The minimum atomic E-state index is -0.584. The number of carbonyl (C=O) groups excluding carboxylic acids is 2. The van der Waals surface area contributed by atoms with E-state index in [1.807, 2.05) is 66.7 Å². The van der Waals surface area contributed by atoms with E-state index < -0.39 is 6.04 Å². The van der Waals surface area contributed by atoms with Crippen molar-refractivity contribution in [1.82, 2.24) is 0 Å². The first-order valence-electron chi connectivity index (χ1n) is 8.66. The number of amides is 2. The molecule has 0 saturated carbocycles. The van der Waals surface area contributed by atoms with Crippen LogP contribution in [0.2, 0.25) is 0 Å². The maximum absolute atomic E-state index is 13.2. The standard InChI is InChI=1S/C22H17BrN2O2/c23-17-10-12-18(13-11-17)24-21(26)20-14-16-8-4-5-9-19(16)25(20)22(27)15-6-2-1-3-7-15/h1-13,20H,14H2,(H,24,26)/t20-/m1/s1. The number of halogens is 1.